The Hall–Kier alpha value is -1.91. The molecule has 0 aromatic carbocycles. The first-order chi connectivity index (χ1) is 9.21. The van der Waals surface area contributed by atoms with Crippen LogP contribution in [0.3, 0.4) is 0 Å². The van der Waals surface area contributed by atoms with Crippen LogP contribution in [0.2, 0.25) is 0 Å². The molecule has 1 atom stereocenters. The highest BCUT2D eigenvalue weighted by molar-refractivity contribution is 6.19. The number of carbonyl (C=O) groups is 2. The van der Waals surface area contributed by atoms with Gasteiger partial charge in [-0.05, 0) is 17.8 Å². The molecule has 5 heteroatoms. The van der Waals surface area contributed by atoms with Crippen LogP contribution in [0.5, 0.6) is 0 Å². The summed E-state index contributed by atoms with van der Waals surface area (Å²) in [5.41, 5.74) is 0.593. The minimum atomic E-state index is -0.989. The number of amides is 1. The van der Waals surface area contributed by atoms with Crippen LogP contribution in [0.25, 0.3) is 0 Å². The number of aliphatic carboxylic acids is 1. The molecular weight excluding hydrogens is 256 g/mol. The lowest BCUT2D eigenvalue weighted by Crippen LogP contribution is -2.33. The van der Waals surface area contributed by atoms with E-state index >= 15 is 0 Å². The van der Waals surface area contributed by atoms with E-state index in [1.807, 2.05) is 33.8 Å². The molecule has 1 aliphatic heterocycles. The largest absolute Gasteiger partial charge is 0.478 e. The van der Waals surface area contributed by atoms with E-state index in [1.54, 1.807) is 6.08 Å². The van der Waals surface area contributed by atoms with Gasteiger partial charge in [-0.25, -0.2) is 4.79 Å². The zero-order valence-electron chi connectivity index (χ0n) is 12.2. The van der Waals surface area contributed by atoms with Crippen molar-refractivity contribution in [1.29, 1.82) is 0 Å². The van der Waals surface area contributed by atoms with Gasteiger partial charge in [0.15, 0.2) is 0 Å². The van der Waals surface area contributed by atoms with Gasteiger partial charge in [0, 0.05) is 5.57 Å². The molecule has 20 heavy (non-hydrogen) atoms. The van der Waals surface area contributed by atoms with Gasteiger partial charge in [0.1, 0.15) is 11.9 Å². The maximum Gasteiger partial charge on any atom is 0.336 e. The second kappa shape index (κ2) is 4.89. The third kappa shape index (κ3) is 2.66. The molecule has 108 valence electrons. The maximum atomic E-state index is 11.9. The van der Waals surface area contributed by atoms with Gasteiger partial charge >= 0.3 is 5.97 Å². The molecule has 0 bridgehead atoms. The standard InChI is InChI=1S/C15H20N2O3/c1-8(2)11-13(18)17-12(16-11)10-7-15(3,4)6-5-9(10)14(19)20/h5,7-8,11H,6H2,1-4H3,(H,19,20)(H,16,17,18). The molecule has 1 aliphatic carbocycles. The SMILES string of the molecule is CC(C)C1N=C(C2=CC(C)(C)CC=C2C(=O)O)NC1=O. The van der Waals surface area contributed by atoms with Crippen LogP contribution >= 0.6 is 0 Å². The van der Waals surface area contributed by atoms with Crippen LogP contribution in [-0.2, 0) is 9.59 Å². The number of hydrogen-bond donors (Lipinski definition) is 2. The summed E-state index contributed by atoms with van der Waals surface area (Å²) in [5.74, 6) is -0.683. The van der Waals surface area contributed by atoms with E-state index in [2.05, 4.69) is 10.3 Å². The predicted octanol–water partition coefficient (Wildman–Crippen LogP) is 1.91. The fourth-order valence-corrected chi connectivity index (χ4v) is 2.41. The zero-order valence-corrected chi connectivity index (χ0v) is 12.2. The van der Waals surface area contributed by atoms with Gasteiger partial charge < -0.3 is 10.4 Å². The molecular formula is C15H20N2O3. The summed E-state index contributed by atoms with van der Waals surface area (Å²) in [6.07, 6.45) is 4.25. The van der Waals surface area contributed by atoms with Crippen molar-refractivity contribution in [2.75, 3.05) is 0 Å². The first-order valence-corrected chi connectivity index (χ1v) is 6.77. The second-order valence-corrected chi connectivity index (χ2v) is 6.33. The smallest absolute Gasteiger partial charge is 0.336 e. The van der Waals surface area contributed by atoms with Crippen molar-refractivity contribution in [2.24, 2.45) is 16.3 Å². The third-order valence-electron chi connectivity index (χ3n) is 3.55. The lowest BCUT2D eigenvalue weighted by atomic mass is 9.80. The summed E-state index contributed by atoms with van der Waals surface area (Å²) in [6, 6.07) is -0.439. The number of amidine groups is 1. The van der Waals surface area contributed by atoms with Gasteiger partial charge in [0.25, 0.3) is 5.91 Å². The molecule has 1 unspecified atom stereocenters. The van der Waals surface area contributed by atoms with E-state index in [-0.39, 0.29) is 22.8 Å². The van der Waals surface area contributed by atoms with Crippen LogP contribution < -0.4 is 5.32 Å². The average Bonchev–Trinajstić information content (AvgIpc) is 2.69. The Bertz CT molecular complexity index is 553. The molecule has 0 spiro atoms. The minimum absolute atomic E-state index is 0.0851. The van der Waals surface area contributed by atoms with Crippen molar-refractivity contribution in [1.82, 2.24) is 5.32 Å². The van der Waals surface area contributed by atoms with E-state index in [0.717, 1.165) is 0 Å². The van der Waals surface area contributed by atoms with Gasteiger partial charge in [-0.3, -0.25) is 9.79 Å². The molecule has 0 aromatic rings. The van der Waals surface area contributed by atoms with Gasteiger partial charge in [-0.15, -0.1) is 0 Å². The number of hydrogen-bond acceptors (Lipinski definition) is 3. The predicted molar refractivity (Wildman–Crippen MR) is 76.4 cm³/mol. The molecule has 0 aromatic heterocycles. The van der Waals surface area contributed by atoms with Crippen LogP contribution in [-0.4, -0.2) is 28.9 Å². The molecule has 0 saturated carbocycles. The molecule has 5 nitrogen and oxygen atoms in total. The van der Waals surface area contributed by atoms with E-state index in [1.165, 1.54) is 0 Å². The molecule has 2 rings (SSSR count). The summed E-state index contributed by atoms with van der Waals surface area (Å²) in [5, 5.41) is 12.0. The highest BCUT2D eigenvalue weighted by atomic mass is 16.4. The topological polar surface area (TPSA) is 78.8 Å². The monoisotopic (exact) mass is 276 g/mol. The van der Waals surface area contributed by atoms with Crippen LogP contribution in [0, 0.1) is 11.3 Å². The Morgan fingerprint density at radius 2 is 2.15 bits per heavy atom. The van der Waals surface area contributed by atoms with Crippen molar-refractivity contribution in [2.45, 2.75) is 40.2 Å². The number of rotatable bonds is 3. The Morgan fingerprint density at radius 3 is 2.65 bits per heavy atom. The molecule has 2 N–H and O–H groups in total. The number of allylic oxidation sites excluding steroid dienone is 2. The van der Waals surface area contributed by atoms with Crippen molar-refractivity contribution < 1.29 is 14.7 Å². The number of aliphatic imine (C=N–C) groups is 1. The first kappa shape index (κ1) is 14.5. The third-order valence-corrected chi connectivity index (χ3v) is 3.55. The normalized spacial score (nSPS) is 24.9. The molecule has 1 amide bonds. The molecule has 2 aliphatic rings. The Labute approximate surface area is 118 Å². The number of nitrogens with one attached hydrogen (secondary N) is 1. The minimum Gasteiger partial charge on any atom is -0.478 e. The van der Waals surface area contributed by atoms with Gasteiger partial charge in [-0.2, -0.15) is 0 Å². The first-order valence-electron chi connectivity index (χ1n) is 6.77. The summed E-state index contributed by atoms with van der Waals surface area (Å²) in [6.45, 7) is 7.90. The zero-order chi connectivity index (χ0) is 15.1. The summed E-state index contributed by atoms with van der Waals surface area (Å²) in [4.78, 5) is 27.6. The van der Waals surface area contributed by atoms with Gasteiger partial charge in [0.05, 0.1) is 5.57 Å². The van der Waals surface area contributed by atoms with E-state index in [0.29, 0.717) is 17.8 Å². The fraction of sp³-hybridized carbons (Fsp3) is 0.533. The lowest BCUT2D eigenvalue weighted by Gasteiger charge is -2.25. The fourth-order valence-electron chi connectivity index (χ4n) is 2.41. The van der Waals surface area contributed by atoms with Crippen molar-refractivity contribution in [3.8, 4) is 0 Å². The van der Waals surface area contributed by atoms with E-state index in [4.69, 9.17) is 0 Å². The number of carboxylic acid groups (broad SMARTS) is 1. The molecule has 1 heterocycles. The highest BCUT2D eigenvalue weighted by Crippen LogP contribution is 2.33. The summed E-state index contributed by atoms with van der Waals surface area (Å²) < 4.78 is 0. The van der Waals surface area contributed by atoms with Crippen LogP contribution in [0.15, 0.2) is 28.3 Å². The highest BCUT2D eigenvalue weighted by Gasteiger charge is 2.34. The summed E-state index contributed by atoms with van der Waals surface area (Å²) >= 11 is 0. The lowest BCUT2D eigenvalue weighted by molar-refractivity contribution is -0.132. The Kier molecular flexibility index (Phi) is 3.54. The van der Waals surface area contributed by atoms with Crippen molar-refractivity contribution in [3.05, 3.63) is 23.3 Å². The number of nitrogens with zero attached hydrogens (tertiary/aromatic N) is 1. The second-order valence-electron chi connectivity index (χ2n) is 6.33. The van der Waals surface area contributed by atoms with Crippen LogP contribution in [0.4, 0.5) is 0 Å². The van der Waals surface area contributed by atoms with E-state index in [9.17, 15) is 14.7 Å². The van der Waals surface area contributed by atoms with Gasteiger partial charge in [0.2, 0.25) is 0 Å². The maximum absolute atomic E-state index is 11.9. The average molecular weight is 276 g/mol. The summed E-state index contributed by atoms with van der Waals surface area (Å²) in [7, 11) is 0. The van der Waals surface area contributed by atoms with Crippen molar-refractivity contribution in [3.63, 3.8) is 0 Å². The van der Waals surface area contributed by atoms with Gasteiger partial charge in [-0.1, -0.05) is 39.8 Å². The molecule has 0 fully saturated rings. The number of carbonyl (C=O) groups excluding carboxylic acids is 1. The van der Waals surface area contributed by atoms with Crippen LogP contribution in [0.1, 0.15) is 34.1 Å². The Morgan fingerprint density at radius 1 is 1.50 bits per heavy atom. The van der Waals surface area contributed by atoms with Crippen molar-refractivity contribution >= 4 is 17.7 Å². The molecule has 0 radical (unpaired) electrons. The molecule has 0 saturated heterocycles. The number of carboxylic acids is 1. The van der Waals surface area contributed by atoms with E-state index < -0.39 is 12.0 Å². The quantitative estimate of drug-likeness (QED) is 0.826. The Balaban J connectivity index is 2.41.